The van der Waals surface area contributed by atoms with Crippen molar-refractivity contribution < 1.29 is 19.9 Å². The van der Waals surface area contributed by atoms with Crippen molar-refractivity contribution in [2.75, 3.05) is 13.7 Å². The summed E-state index contributed by atoms with van der Waals surface area (Å²) in [5.74, 6) is 1.46. The molecular weight excluding hydrogens is 536 g/mol. The van der Waals surface area contributed by atoms with Crippen molar-refractivity contribution >= 4 is 37.6 Å². The Bertz CT molecular complexity index is 1150. The smallest absolute Gasteiger partial charge is 0.190 e. The van der Waals surface area contributed by atoms with Crippen LogP contribution in [-0.4, -0.2) is 18.8 Å². The Morgan fingerprint density at radius 1 is 0.969 bits per heavy atom. The number of hydrogen-bond acceptors (Lipinski definition) is 4. The SMILES string of the molecule is CCOc1cccc(C2C=C(c3cccc(Br)c3)NC(c3cc(Br)ccc3OC)[NH2+]2)c1O. The monoisotopic (exact) mass is 559 g/mol. The standard InChI is InChI=1S/C25H24Br2N2O3/c1-3-32-23-9-5-8-18(24(23)30)21-14-20(15-6-4-7-16(26)12-15)28-25(29-21)19-13-17(27)10-11-22(19)31-2/h4-14,21,25,28-30H,3H2,1-2H3/p+1. The van der Waals surface area contributed by atoms with Gasteiger partial charge in [-0.1, -0.05) is 50.1 Å². The number of hydrogen-bond donors (Lipinski definition) is 3. The van der Waals surface area contributed by atoms with Crippen molar-refractivity contribution in [2.24, 2.45) is 0 Å². The lowest BCUT2D eigenvalue weighted by Crippen LogP contribution is -2.89. The van der Waals surface area contributed by atoms with Gasteiger partial charge < -0.3 is 25.2 Å². The molecule has 3 aromatic carbocycles. The van der Waals surface area contributed by atoms with Gasteiger partial charge in [0.25, 0.3) is 0 Å². The summed E-state index contributed by atoms with van der Waals surface area (Å²) in [6.45, 7) is 2.40. The van der Waals surface area contributed by atoms with Gasteiger partial charge in [0.1, 0.15) is 11.8 Å². The third-order valence-electron chi connectivity index (χ3n) is 5.41. The molecule has 3 aromatic rings. The van der Waals surface area contributed by atoms with Gasteiger partial charge in [-0.25, -0.2) is 0 Å². The number of aromatic hydroxyl groups is 1. The molecule has 0 fully saturated rings. The lowest BCUT2D eigenvalue weighted by Gasteiger charge is -2.31. The summed E-state index contributed by atoms with van der Waals surface area (Å²) in [5, 5.41) is 16.8. The van der Waals surface area contributed by atoms with E-state index in [0.717, 1.165) is 37.1 Å². The van der Waals surface area contributed by atoms with E-state index in [-0.39, 0.29) is 18.0 Å². The van der Waals surface area contributed by atoms with Crippen LogP contribution in [0.4, 0.5) is 0 Å². The molecule has 0 aromatic heterocycles. The number of nitrogens with two attached hydrogens (primary N) is 1. The van der Waals surface area contributed by atoms with Gasteiger partial charge in [-0.15, -0.1) is 0 Å². The molecule has 0 aliphatic carbocycles. The summed E-state index contributed by atoms with van der Waals surface area (Å²) in [4.78, 5) is 0. The van der Waals surface area contributed by atoms with E-state index in [2.05, 4.69) is 66.8 Å². The van der Waals surface area contributed by atoms with Crippen LogP contribution in [-0.2, 0) is 0 Å². The van der Waals surface area contributed by atoms with Crippen LogP contribution in [0.1, 0.15) is 35.8 Å². The largest absolute Gasteiger partial charge is 0.504 e. The molecule has 1 aliphatic rings. The minimum Gasteiger partial charge on any atom is -0.504 e. The van der Waals surface area contributed by atoms with Crippen molar-refractivity contribution in [3.8, 4) is 17.2 Å². The number of rotatable bonds is 6. The third kappa shape index (κ3) is 4.80. The summed E-state index contributed by atoms with van der Waals surface area (Å²) in [7, 11) is 1.68. The van der Waals surface area contributed by atoms with Crippen LogP contribution in [0.15, 0.2) is 75.7 Å². The lowest BCUT2D eigenvalue weighted by molar-refractivity contribution is -0.731. The second-order valence-electron chi connectivity index (χ2n) is 7.44. The van der Waals surface area contributed by atoms with Gasteiger partial charge in [0.05, 0.1) is 24.8 Å². The molecule has 4 rings (SSSR count). The van der Waals surface area contributed by atoms with Crippen LogP contribution in [0.2, 0.25) is 0 Å². The molecule has 2 atom stereocenters. The minimum absolute atomic E-state index is 0.137. The summed E-state index contributed by atoms with van der Waals surface area (Å²) < 4.78 is 13.3. The molecule has 7 heteroatoms. The van der Waals surface area contributed by atoms with Gasteiger partial charge in [-0.05, 0) is 55.0 Å². The molecule has 0 saturated heterocycles. The second kappa shape index (κ2) is 9.98. The van der Waals surface area contributed by atoms with Crippen molar-refractivity contribution in [1.82, 2.24) is 5.32 Å². The molecule has 0 spiro atoms. The van der Waals surface area contributed by atoms with Crippen molar-refractivity contribution in [3.05, 3.63) is 92.4 Å². The highest BCUT2D eigenvalue weighted by molar-refractivity contribution is 9.10. The van der Waals surface area contributed by atoms with Gasteiger partial charge in [0.2, 0.25) is 0 Å². The van der Waals surface area contributed by atoms with Crippen LogP contribution < -0.4 is 20.1 Å². The maximum atomic E-state index is 10.9. The number of phenolic OH excluding ortho intramolecular Hbond substituents is 1. The zero-order chi connectivity index (χ0) is 22.7. The molecule has 0 bridgehead atoms. The maximum Gasteiger partial charge on any atom is 0.190 e. The summed E-state index contributed by atoms with van der Waals surface area (Å²) in [6.07, 6.45) is 2.00. The number of nitrogens with one attached hydrogen (secondary N) is 1. The molecule has 0 amide bonds. The van der Waals surface area contributed by atoms with E-state index in [1.54, 1.807) is 13.2 Å². The lowest BCUT2D eigenvalue weighted by atomic mass is 9.97. The van der Waals surface area contributed by atoms with Gasteiger partial charge in [-0.3, -0.25) is 0 Å². The highest BCUT2D eigenvalue weighted by atomic mass is 79.9. The first-order chi connectivity index (χ1) is 15.5. The predicted octanol–water partition coefficient (Wildman–Crippen LogP) is 5.27. The molecule has 0 saturated carbocycles. The van der Waals surface area contributed by atoms with Crippen molar-refractivity contribution in [3.63, 3.8) is 0 Å². The van der Waals surface area contributed by atoms with Crippen LogP contribution in [0.5, 0.6) is 17.2 Å². The van der Waals surface area contributed by atoms with E-state index in [4.69, 9.17) is 9.47 Å². The predicted molar refractivity (Wildman–Crippen MR) is 133 cm³/mol. The Hall–Kier alpha value is -2.48. The number of para-hydroxylation sites is 1. The quantitative estimate of drug-likeness (QED) is 0.384. The van der Waals surface area contributed by atoms with E-state index < -0.39 is 0 Å². The van der Waals surface area contributed by atoms with Crippen molar-refractivity contribution in [1.29, 1.82) is 0 Å². The van der Waals surface area contributed by atoms with E-state index in [9.17, 15) is 5.11 Å². The second-order valence-corrected chi connectivity index (χ2v) is 9.28. The fourth-order valence-electron chi connectivity index (χ4n) is 3.95. The Morgan fingerprint density at radius 3 is 2.50 bits per heavy atom. The van der Waals surface area contributed by atoms with E-state index >= 15 is 0 Å². The Labute approximate surface area is 204 Å². The fourth-order valence-corrected chi connectivity index (χ4v) is 4.72. The molecule has 32 heavy (non-hydrogen) atoms. The van der Waals surface area contributed by atoms with Crippen LogP contribution in [0.25, 0.3) is 5.70 Å². The average molecular weight is 561 g/mol. The number of methoxy groups -OCH3 is 1. The molecule has 1 heterocycles. The third-order valence-corrected chi connectivity index (χ3v) is 6.40. The summed E-state index contributed by atoms with van der Waals surface area (Å²) >= 11 is 7.16. The highest BCUT2D eigenvalue weighted by Crippen LogP contribution is 2.36. The first-order valence-corrected chi connectivity index (χ1v) is 12.0. The first-order valence-electron chi connectivity index (χ1n) is 10.4. The highest BCUT2D eigenvalue weighted by Gasteiger charge is 2.32. The van der Waals surface area contributed by atoms with Gasteiger partial charge in [0, 0.05) is 20.7 Å². The number of halogens is 2. The first kappa shape index (κ1) is 22.7. The minimum atomic E-state index is -0.140. The molecule has 166 valence electrons. The average Bonchev–Trinajstić information content (AvgIpc) is 2.80. The number of benzene rings is 3. The van der Waals surface area contributed by atoms with Gasteiger partial charge >= 0.3 is 0 Å². The normalized spacial score (nSPS) is 17.9. The zero-order valence-corrected chi connectivity index (χ0v) is 21.0. The number of ether oxygens (including phenoxy) is 2. The molecular formula is C25H25Br2N2O3+. The van der Waals surface area contributed by atoms with E-state index in [0.29, 0.717) is 12.4 Å². The fraction of sp³-hybridized carbons (Fsp3) is 0.200. The van der Waals surface area contributed by atoms with E-state index in [1.807, 2.05) is 43.3 Å². The molecule has 5 nitrogen and oxygen atoms in total. The maximum absolute atomic E-state index is 10.9. The number of quaternary nitrogens is 1. The number of phenols is 1. The van der Waals surface area contributed by atoms with Gasteiger partial charge in [-0.2, -0.15) is 0 Å². The molecule has 2 unspecified atom stereocenters. The zero-order valence-electron chi connectivity index (χ0n) is 17.8. The van der Waals surface area contributed by atoms with Crippen LogP contribution in [0.3, 0.4) is 0 Å². The topological polar surface area (TPSA) is 67.3 Å². The Morgan fingerprint density at radius 2 is 1.75 bits per heavy atom. The molecule has 0 radical (unpaired) electrons. The molecule has 1 aliphatic heterocycles. The summed E-state index contributed by atoms with van der Waals surface area (Å²) in [5.41, 5.74) is 3.83. The van der Waals surface area contributed by atoms with E-state index in [1.165, 1.54) is 0 Å². The summed E-state index contributed by atoms with van der Waals surface area (Å²) in [6, 6.07) is 19.6. The van der Waals surface area contributed by atoms with Crippen molar-refractivity contribution in [2.45, 2.75) is 19.1 Å². The molecule has 4 N–H and O–H groups in total. The van der Waals surface area contributed by atoms with Crippen LogP contribution in [0, 0.1) is 0 Å². The Kier molecular flexibility index (Phi) is 7.08. The van der Waals surface area contributed by atoms with Gasteiger partial charge in [0.15, 0.2) is 17.7 Å². The Balaban J connectivity index is 1.81. The van der Waals surface area contributed by atoms with Crippen LogP contribution >= 0.6 is 31.9 Å².